The van der Waals surface area contributed by atoms with Crippen molar-refractivity contribution in [3.63, 3.8) is 0 Å². The molecule has 0 heterocycles. The number of benzene rings is 1. The first-order chi connectivity index (χ1) is 8.10. The fourth-order valence-corrected chi connectivity index (χ4v) is 2.42. The minimum absolute atomic E-state index is 0.0122. The van der Waals surface area contributed by atoms with E-state index in [4.69, 9.17) is 16.3 Å². The number of halogens is 1. The Labute approximate surface area is 105 Å². The molecule has 0 spiro atoms. The average molecular weight is 253 g/mol. The highest BCUT2D eigenvalue weighted by Gasteiger charge is 2.26. The van der Waals surface area contributed by atoms with Crippen LogP contribution in [0.4, 0.5) is 0 Å². The van der Waals surface area contributed by atoms with Crippen molar-refractivity contribution in [3.8, 4) is 5.75 Å². The second kappa shape index (κ2) is 4.88. The van der Waals surface area contributed by atoms with Gasteiger partial charge in [-0.15, -0.1) is 0 Å². The number of ketones is 2. The molecule has 1 aromatic carbocycles. The van der Waals surface area contributed by atoms with Crippen molar-refractivity contribution in [3.05, 3.63) is 28.8 Å². The van der Waals surface area contributed by atoms with E-state index in [0.29, 0.717) is 23.6 Å². The lowest BCUT2D eigenvalue weighted by atomic mass is 9.83. The first kappa shape index (κ1) is 12.1. The van der Waals surface area contributed by atoms with Crippen LogP contribution in [0.25, 0.3) is 0 Å². The number of carbonyl (C=O) groups excluding carboxylic acids is 2. The van der Waals surface area contributed by atoms with Gasteiger partial charge in [0.2, 0.25) is 0 Å². The Balaban J connectivity index is 2.25. The Bertz CT molecular complexity index is 452. The molecule has 0 unspecified atom stereocenters. The normalized spacial score (nSPS) is 17.3. The van der Waals surface area contributed by atoms with Gasteiger partial charge >= 0.3 is 0 Å². The van der Waals surface area contributed by atoms with Crippen molar-refractivity contribution < 1.29 is 14.3 Å². The van der Waals surface area contributed by atoms with Crippen LogP contribution in [0.15, 0.2) is 18.2 Å². The van der Waals surface area contributed by atoms with E-state index in [9.17, 15) is 9.59 Å². The van der Waals surface area contributed by atoms with E-state index in [2.05, 4.69) is 0 Å². The number of carbonyl (C=O) groups is 2. The molecule has 0 saturated heterocycles. The van der Waals surface area contributed by atoms with Crippen LogP contribution in [0, 0.1) is 0 Å². The highest BCUT2D eigenvalue weighted by molar-refractivity contribution is 6.32. The molecule has 3 nitrogen and oxygen atoms in total. The van der Waals surface area contributed by atoms with Gasteiger partial charge in [0, 0.05) is 12.8 Å². The summed E-state index contributed by atoms with van der Waals surface area (Å²) in [4.78, 5) is 22.8. The molecular weight excluding hydrogens is 240 g/mol. The van der Waals surface area contributed by atoms with Gasteiger partial charge in [-0.25, -0.2) is 0 Å². The zero-order chi connectivity index (χ0) is 12.4. The van der Waals surface area contributed by atoms with E-state index in [-0.39, 0.29) is 23.9 Å². The lowest BCUT2D eigenvalue weighted by Gasteiger charge is -2.20. The maximum absolute atomic E-state index is 11.4. The number of methoxy groups -OCH3 is 1. The van der Waals surface area contributed by atoms with Crippen molar-refractivity contribution in [2.45, 2.75) is 25.2 Å². The quantitative estimate of drug-likeness (QED) is 0.760. The average Bonchev–Trinajstić information content (AvgIpc) is 2.27. The van der Waals surface area contributed by atoms with E-state index in [0.717, 1.165) is 5.56 Å². The van der Waals surface area contributed by atoms with Gasteiger partial charge in [0.1, 0.15) is 17.3 Å². The molecule has 0 N–H and O–H groups in total. The van der Waals surface area contributed by atoms with Crippen LogP contribution in [0.1, 0.15) is 30.7 Å². The third-order valence-corrected chi connectivity index (χ3v) is 3.29. The molecule has 1 aliphatic carbocycles. The van der Waals surface area contributed by atoms with Gasteiger partial charge in [-0.2, -0.15) is 0 Å². The Morgan fingerprint density at radius 1 is 1.24 bits per heavy atom. The summed E-state index contributed by atoms with van der Waals surface area (Å²) in [5.74, 6) is 0.590. The van der Waals surface area contributed by atoms with Gasteiger partial charge in [0.05, 0.1) is 18.6 Å². The minimum atomic E-state index is -0.0350. The third-order valence-electron chi connectivity index (χ3n) is 2.99. The summed E-state index contributed by atoms with van der Waals surface area (Å²) in [6.07, 6.45) is 0.934. The van der Waals surface area contributed by atoms with Gasteiger partial charge in [-0.3, -0.25) is 9.59 Å². The monoisotopic (exact) mass is 252 g/mol. The smallest absolute Gasteiger partial charge is 0.140 e. The van der Waals surface area contributed by atoms with Gasteiger partial charge in [-0.05, 0) is 23.6 Å². The lowest BCUT2D eigenvalue weighted by Crippen LogP contribution is -2.21. The minimum Gasteiger partial charge on any atom is -0.495 e. The predicted octanol–water partition coefficient (Wildman–Crippen LogP) is 2.75. The SMILES string of the molecule is COc1ccc(C2CC(=O)CC(=O)C2)cc1Cl. The molecule has 4 heteroatoms. The molecular formula is C13H13ClO3. The number of hydrogen-bond donors (Lipinski definition) is 0. The zero-order valence-electron chi connectivity index (χ0n) is 9.53. The largest absolute Gasteiger partial charge is 0.495 e. The van der Waals surface area contributed by atoms with Gasteiger partial charge in [0.15, 0.2) is 0 Å². The molecule has 0 atom stereocenters. The fourth-order valence-electron chi connectivity index (χ4n) is 2.16. The number of Topliss-reactive ketones (excluding diaryl/α,β-unsaturated/α-hetero) is 2. The summed E-state index contributed by atoms with van der Waals surface area (Å²) in [6.45, 7) is 0. The van der Waals surface area contributed by atoms with Crippen LogP contribution in [-0.2, 0) is 9.59 Å². The molecule has 2 rings (SSSR count). The second-order valence-electron chi connectivity index (χ2n) is 4.25. The summed E-state index contributed by atoms with van der Waals surface area (Å²) < 4.78 is 5.06. The molecule has 0 bridgehead atoms. The lowest BCUT2D eigenvalue weighted by molar-refractivity contribution is -0.130. The van der Waals surface area contributed by atoms with Crippen molar-refractivity contribution in [2.75, 3.05) is 7.11 Å². The van der Waals surface area contributed by atoms with Crippen LogP contribution in [0.5, 0.6) is 5.75 Å². The molecule has 90 valence electrons. The van der Waals surface area contributed by atoms with Crippen LogP contribution in [0.3, 0.4) is 0 Å². The molecule has 1 aliphatic rings. The first-order valence-electron chi connectivity index (χ1n) is 5.47. The van der Waals surface area contributed by atoms with E-state index >= 15 is 0 Å². The zero-order valence-corrected chi connectivity index (χ0v) is 10.3. The molecule has 1 saturated carbocycles. The standard InChI is InChI=1S/C13H13ClO3/c1-17-13-3-2-8(6-12(13)14)9-4-10(15)7-11(16)5-9/h2-3,6,9H,4-5,7H2,1H3. The van der Waals surface area contributed by atoms with Crippen molar-refractivity contribution in [2.24, 2.45) is 0 Å². The molecule has 0 amide bonds. The first-order valence-corrected chi connectivity index (χ1v) is 5.84. The van der Waals surface area contributed by atoms with Gasteiger partial charge in [-0.1, -0.05) is 17.7 Å². The molecule has 1 aromatic rings. The second-order valence-corrected chi connectivity index (χ2v) is 4.66. The highest BCUT2D eigenvalue weighted by Crippen LogP contribution is 2.33. The van der Waals surface area contributed by atoms with E-state index in [1.165, 1.54) is 0 Å². The summed E-state index contributed by atoms with van der Waals surface area (Å²) >= 11 is 6.03. The third kappa shape index (κ3) is 2.67. The molecule has 1 fully saturated rings. The van der Waals surface area contributed by atoms with Crippen LogP contribution >= 0.6 is 11.6 Å². The van der Waals surface area contributed by atoms with Gasteiger partial charge < -0.3 is 4.74 Å². The summed E-state index contributed by atoms with van der Waals surface area (Å²) in [6, 6.07) is 5.40. The molecule has 17 heavy (non-hydrogen) atoms. The number of rotatable bonds is 2. The van der Waals surface area contributed by atoms with Crippen molar-refractivity contribution in [1.82, 2.24) is 0 Å². The van der Waals surface area contributed by atoms with Crippen molar-refractivity contribution in [1.29, 1.82) is 0 Å². The van der Waals surface area contributed by atoms with Crippen LogP contribution in [0.2, 0.25) is 5.02 Å². The van der Waals surface area contributed by atoms with E-state index in [1.54, 1.807) is 19.2 Å². The summed E-state index contributed by atoms with van der Waals surface area (Å²) in [7, 11) is 1.55. The number of hydrogen-bond acceptors (Lipinski definition) is 3. The molecule has 0 radical (unpaired) electrons. The molecule has 0 aliphatic heterocycles. The topological polar surface area (TPSA) is 43.4 Å². The maximum atomic E-state index is 11.4. The predicted molar refractivity (Wildman–Crippen MR) is 64.6 cm³/mol. The summed E-state index contributed by atoms with van der Waals surface area (Å²) in [5.41, 5.74) is 0.928. The Kier molecular flexibility index (Phi) is 3.48. The van der Waals surface area contributed by atoms with Crippen molar-refractivity contribution >= 4 is 23.2 Å². The van der Waals surface area contributed by atoms with Gasteiger partial charge in [0.25, 0.3) is 0 Å². The molecule has 0 aromatic heterocycles. The number of ether oxygens (including phenoxy) is 1. The Hall–Kier alpha value is -1.35. The Morgan fingerprint density at radius 3 is 2.41 bits per heavy atom. The van der Waals surface area contributed by atoms with Crippen LogP contribution in [-0.4, -0.2) is 18.7 Å². The van der Waals surface area contributed by atoms with Crippen LogP contribution < -0.4 is 4.74 Å². The maximum Gasteiger partial charge on any atom is 0.140 e. The summed E-state index contributed by atoms with van der Waals surface area (Å²) in [5, 5.41) is 0.510. The Morgan fingerprint density at radius 2 is 1.88 bits per heavy atom. The fraction of sp³-hybridized carbons (Fsp3) is 0.385. The van der Waals surface area contributed by atoms with E-state index in [1.807, 2.05) is 6.07 Å². The highest BCUT2D eigenvalue weighted by atomic mass is 35.5. The van der Waals surface area contributed by atoms with E-state index < -0.39 is 0 Å².